The monoisotopic (exact) mass is 656 g/mol. The molecular formula is C39H64N2O6. The number of nitrogens with one attached hydrogen (secondary N) is 2. The molecular weight excluding hydrogens is 592 g/mol. The minimum atomic E-state index is -0.464. The maximum absolute atomic E-state index is 12.7. The van der Waals surface area contributed by atoms with Crippen LogP contribution in [0.15, 0.2) is 0 Å². The van der Waals surface area contributed by atoms with E-state index >= 15 is 0 Å². The predicted molar refractivity (Wildman–Crippen MR) is 189 cm³/mol. The molecule has 1 heterocycles. The molecule has 0 aliphatic carbocycles. The SMILES string of the molecule is Cc1c(C)c2c(c(C)c1OC(=O)CCC(=O)NCCC(=O)NCCC=O)CC[C@@](C)(CCC[C@@H](C)CCC[C@H](C)CCCC(C)C)O2. The summed E-state index contributed by atoms with van der Waals surface area (Å²) in [6.45, 7) is 18.1. The van der Waals surface area contributed by atoms with Crippen molar-refractivity contribution in [3.05, 3.63) is 22.3 Å². The molecule has 0 saturated heterocycles. The van der Waals surface area contributed by atoms with Crippen LogP contribution < -0.4 is 20.1 Å². The van der Waals surface area contributed by atoms with Gasteiger partial charge < -0.3 is 24.9 Å². The lowest BCUT2D eigenvalue weighted by molar-refractivity contribution is -0.136. The molecule has 1 aromatic rings. The molecule has 0 bridgehead atoms. The summed E-state index contributed by atoms with van der Waals surface area (Å²) >= 11 is 0. The molecule has 0 unspecified atom stereocenters. The van der Waals surface area contributed by atoms with Gasteiger partial charge in [0.15, 0.2) is 0 Å². The molecule has 2 N–H and O–H groups in total. The highest BCUT2D eigenvalue weighted by Crippen LogP contribution is 2.45. The maximum Gasteiger partial charge on any atom is 0.311 e. The summed E-state index contributed by atoms with van der Waals surface area (Å²) in [6, 6.07) is 0. The summed E-state index contributed by atoms with van der Waals surface area (Å²) in [7, 11) is 0. The van der Waals surface area contributed by atoms with Crippen molar-refractivity contribution in [2.24, 2.45) is 17.8 Å². The topological polar surface area (TPSA) is 111 Å². The molecule has 2 amide bonds. The number of esters is 1. The predicted octanol–water partition coefficient (Wildman–Crippen LogP) is 8.03. The third-order valence-corrected chi connectivity index (χ3v) is 9.87. The van der Waals surface area contributed by atoms with Crippen LogP contribution in [0.2, 0.25) is 0 Å². The molecule has 0 radical (unpaired) electrons. The number of carbonyl (C=O) groups excluding carboxylic acids is 4. The van der Waals surface area contributed by atoms with Crippen molar-refractivity contribution in [2.75, 3.05) is 13.1 Å². The Labute approximate surface area is 284 Å². The zero-order chi connectivity index (χ0) is 35.0. The van der Waals surface area contributed by atoms with Crippen LogP contribution in [0, 0.1) is 38.5 Å². The number of hydrogen-bond acceptors (Lipinski definition) is 6. The highest BCUT2D eigenvalue weighted by atomic mass is 16.5. The van der Waals surface area contributed by atoms with E-state index in [-0.39, 0.29) is 56.2 Å². The van der Waals surface area contributed by atoms with E-state index in [2.05, 4.69) is 45.3 Å². The number of amides is 2. The van der Waals surface area contributed by atoms with Crippen LogP contribution in [-0.2, 0) is 25.6 Å². The summed E-state index contributed by atoms with van der Waals surface area (Å²) in [5.41, 5.74) is 3.71. The number of rotatable bonds is 22. The van der Waals surface area contributed by atoms with Crippen LogP contribution in [0.1, 0.15) is 147 Å². The van der Waals surface area contributed by atoms with Gasteiger partial charge in [-0.05, 0) is 87.8 Å². The van der Waals surface area contributed by atoms with Crippen LogP contribution in [0.4, 0.5) is 0 Å². The fourth-order valence-electron chi connectivity index (χ4n) is 6.56. The highest BCUT2D eigenvalue weighted by molar-refractivity contribution is 5.83. The van der Waals surface area contributed by atoms with E-state index in [0.717, 1.165) is 77.7 Å². The lowest BCUT2D eigenvalue weighted by atomic mass is 9.83. The second-order valence-corrected chi connectivity index (χ2v) is 14.8. The summed E-state index contributed by atoms with van der Waals surface area (Å²) in [4.78, 5) is 47.0. The molecule has 0 saturated carbocycles. The van der Waals surface area contributed by atoms with E-state index in [1.54, 1.807) is 0 Å². The molecule has 0 spiro atoms. The first-order valence-electron chi connectivity index (χ1n) is 18.3. The molecule has 3 atom stereocenters. The van der Waals surface area contributed by atoms with Gasteiger partial charge in [-0.25, -0.2) is 0 Å². The Kier molecular flexibility index (Phi) is 17.5. The minimum absolute atomic E-state index is 0.0226. The fourth-order valence-corrected chi connectivity index (χ4v) is 6.56. The van der Waals surface area contributed by atoms with Crippen molar-refractivity contribution in [3.63, 3.8) is 0 Å². The van der Waals surface area contributed by atoms with Gasteiger partial charge in [-0.2, -0.15) is 0 Å². The zero-order valence-corrected chi connectivity index (χ0v) is 30.8. The van der Waals surface area contributed by atoms with Crippen molar-refractivity contribution < 1.29 is 28.7 Å². The summed E-state index contributed by atoms with van der Waals surface area (Å²) < 4.78 is 12.6. The Balaban J connectivity index is 1.81. The van der Waals surface area contributed by atoms with Gasteiger partial charge in [0, 0.05) is 37.9 Å². The van der Waals surface area contributed by atoms with Crippen molar-refractivity contribution >= 4 is 24.1 Å². The minimum Gasteiger partial charge on any atom is -0.487 e. The number of aldehydes is 1. The Morgan fingerprint density at radius 1 is 0.809 bits per heavy atom. The van der Waals surface area contributed by atoms with E-state index in [1.807, 2.05) is 20.8 Å². The standard InChI is InChI=1S/C39H64N2O6/c1-27(2)13-9-14-28(3)15-10-16-29(4)17-11-22-39(8)23-20-33-32(7)37(30(5)31(6)38(33)47-39)46-36(45)19-18-34(43)41-25-21-35(44)40-24-12-26-42/h26-29H,9-25H2,1-8H3,(H,40,44)(H,41,43)/t28-,29+,39-/m1/s1. The van der Waals surface area contributed by atoms with Gasteiger partial charge in [0.05, 0.1) is 6.42 Å². The Morgan fingerprint density at radius 3 is 2.04 bits per heavy atom. The Morgan fingerprint density at radius 2 is 1.40 bits per heavy atom. The van der Waals surface area contributed by atoms with Crippen molar-refractivity contribution in [3.8, 4) is 11.5 Å². The number of hydrogen-bond donors (Lipinski definition) is 2. The number of fused-ring (bicyclic) bond motifs is 1. The van der Waals surface area contributed by atoms with Crippen LogP contribution in [0.3, 0.4) is 0 Å². The van der Waals surface area contributed by atoms with Gasteiger partial charge in [0.1, 0.15) is 23.4 Å². The zero-order valence-electron chi connectivity index (χ0n) is 30.8. The third kappa shape index (κ3) is 14.4. The van der Waals surface area contributed by atoms with E-state index in [9.17, 15) is 19.2 Å². The largest absolute Gasteiger partial charge is 0.487 e. The highest BCUT2D eigenvalue weighted by Gasteiger charge is 2.35. The maximum atomic E-state index is 12.7. The van der Waals surface area contributed by atoms with E-state index in [4.69, 9.17) is 9.47 Å². The van der Waals surface area contributed by atoms with Crippen LogP contribution >= 0.6 is 0 Å². The van der Waals surface area contributed by atoms with Crippen LogP contribution in [0.25, 0.3) is 0 Å². The first-order chi connectivity index (χ1) is 22.3. The van der Waals surface area contributed by atoms with Crippen molar-refractivity contribution in [2.45, 2.75) is 157 Å². The number of ether oxygens (including phenoxy) is 2. The molecule has 2 rings (SSSR count). The molecule has 1 aliphatic rings. The lowest BCUT2D eigenvalue weighted by Crippen LogP contribution is -2.37. The van der Waals surface area contributed by atoms with Gasteiger partial charge in [0.25, 0.3) is 0 Å². The molecule has 47 heavy (non-hydrogen) atoms. The van der Waals surface area contributed by atoms with Crippen LogP contribution in [0.5, 0.6) is 11.5 Å². The molecule has 0 fully saturated rings. The van der Waals surface area contributed by atoms with E-state index in [1.165, 1.54) is 44.9 Å². The first kappa shape index (κ1) is 40.3. The molecule has 1 aromatic carbocycles. The second-order valence-electron chi connectivity index (χ2n) is 14.8. The first-order valence-corrected chi connectivity index (χ1v) is 18.3. The molecule has 8 nitrogen and oxygen atoms in total. The number of carbonyl (C=O) groups is 4. The average molecular weight is 657 g/mol. The fraction of sp³-hybridized carbons (Fsp3) is 0.744. The quantitative estimate of drug-likeness (QED) is 0.0566. The van der Waals surface area contributed by atoms with E-state index < -0.39 is 5.97 Å². The van der Waals surface area contributed by atoms with Crippen LogP contribution in [-0.4, -0.2) is 42.8 Å². The van der Waals surface area contributed by atoms with E-state index in [0.29, 0.717) is 5.75 Å². The van der Waals surface area contributed by atoms with Gasteiger partial charge in [0.2, 0.25) is 11.8 Å². The van der Waals surface area contributed by atoms with Crippen molar-refractivity contribution in [1.82, 2.24) is 10.6 Å². The molecule has 1 aliphatic heterocycles. The summed E-state index contributed by atoms with van der Waals surface area (Å²) in [5.74, 6) is 2.86. The van der Waals surface area contributed by atoms with Gasteiger partial charge >= 0.3 is 5.97 Å². The van der Waals surface area contributed by atoms with Gasteiger partial charge in [-0.1, -0.05) is 72.6 Å². The summed E-state index contributed by atoms with van der Waals surface area (Å²) in [6.07, 6.45) is 14.3. The Bertz CT molecular complexity index is 1180. The Hall–Kier alpha value is -2.90. The van der Waals surface area contributed by atoms with Gasteiger partial charge in [-0.15, -0.1) is 0 Å². The molecule has 8 heteroatoms. The van der Waals surface area contributed by atoms with Crippen molar-refractivity contribution in [1.29, 1.82) is 0 Å². The lowest BCUT2D eigenvalue weighted by Gasteiger charge is -2.38. The normalized spacial score (nSPS) is 17.0. The summed E-state index contributed by atoms with van der Waals surface area (Å²) in [5, 5.41) is 5.25. The average Bonchev–Trinajstić information content (AvgIpc) is 3.01. The van der Waals surface area contributed by atoms with Gasteiger partial charge in [-0.3, -0.25) is 14.4 Å². The second kappa shape index (κ2) is 20.5. The molecule has 266 valence electrons. The third-order valence-electron chi connectivity index (χ3n) is 9.87. The molecule has 0 aromatic heterocycles. The smallest absolute Gasteiger partial charge is 0.311 e. The number of benzene rings is 1.